The van der Waals surface area contributed by atoms with Crippen LogP contribution in [0.1, 0.15) is 19.8 Å². The average Bonchev–Trinajstić information content (AvgIpc) is 3.18. The molecule has 2 aliphatic rings. The van der Waals surface area contributed by atoms with E-state index in [0.29, 0.717) is 31.3 Å². The Morgan fingerprint density at radius 3 is 2.88 bits per heavy atom. The summed E-state index contributed by atoms with van der Waals surface area (Å²) in [5, 5.41) is 5.83. The fourth-order valence-electron chi connectivity index (χ4n) is 3.29. The smallest absolute Gasteiger partial charge is 0.315 e. The van der Waals surface area contributed by atoms with Gasteiger partial charge in [0.15, 0.2) is 11.6 Å². The van der Waals surface area contributed by atoms with Crippen LogP contribution in [0.4, 0.5) is 19.3 Å². The van der Waals surface area contributed by atoms with E-state index in [-0.39, 0.29) is 18.2 Å². The molecule has 24 heavy (non-hydrogen) atoms. The first-order valence-electron chi connectivity index (χ1n) is 8.39. The zero-order valence-corrected chi connectivity index (χ0v) is 13.7. The first-order valence-corrected chi connectivity index (χ1v) is 8.39. The second kappa shape index (κ2) is 7.34. The molecule has 3 unspecified atom stereocenters. The van der Waals surface area contributed by atoms with Crippen LogP contribution < -0.4 is 15.5 Å². The van der Waals surface area contributed by atoms with Crippen LogP contribution in [-0.4, -0.2) is 44.4 Å². The molecule has 2 amide bonds. The molecule has 2 aliphatic heterocycles. The summed E-state index contributed by atoms with van der Waals surface area (Å²) < 4.78 is 31.8. The number of nitrogens with zero attached hydrogens (tertiary/aromatic N) is 1. The number of hydrogen-bond acceptors (Lipinski definition) is 3. The van der Waals surface area contributed by atoms with Crippen LogP contribution in [0, 0.1) is 17.6 Å². The fraction of sp³-hybridized carbons (Fsp3) is 0.588. The Bertz CT molecular complexity index is 599. The molecule has 132 valence electrons. The molecule has 0 aliphatic carbocycles. The minimum Gasteiger partial charge on any atom is -0.376 e. The number of rotatable bonds is 4. The molecule has 0 spiro atoms. The minimum atomic E-state index is -0.835. The molecule has 3 atom stereocenters. The molecule has 2 N–H and O–H groups in total. The van der Waals surface area contributed by atoms with Crippen LogP contribution in [0.25, 0.3) is 0 Å². The number of halogens is 2. The Morgan fingerprint density at radius 1 is 1.33 bits per heavy atom. The summed E-state index contributed by atoms with van der Waals surface area (Å²) in [6.07, 6.45) is 1.79. The second-order valence-corrected chi connectivity index (χ2v) is 6.52. The molecule has 3 rings (SSSR count). The summed E-state index contributed by atoms with van der Waals surface area (Å²) in [4.78, 5) is 14.0. The Kier molecular flexibility index (Phi) is 5.18. The molecule has 1 aromatic rings. The van der Waals surface area contributed by atoms with Crippen molar-refractivity contribution >= 4 is 11.7 Å². The summed E-state index contributed by atoms with van der Waals surface area (Å²) in [7, 11) is 0. The highest BCUT2D eigenvalue weighted by molar-refractivity contribution is 5.74. The number of carbonyl (C=O) groups excluding carboxylic acids is 1. The van der Waals surface area contributed by atoms with E-state index in [9.17, 15) is 13.6 Å². The Balaban J connectivity index is 1.44. The van der Waals surface area contributed by atoms with E-state index in [4.69, 9.17) is 4.74 Å². The van der Waals surface area contributed by atoms with Crippen molar-refractivity contribution in [2.24, 2.45) is 5.92 Å². The summed E-state index contributed by atoms with van der Waals surface area (Å²) in [6.45, 7) is 4.68. The molecule has 2 saturated heterocycles. The SMILES string of the molecule is CC1OCCC1NC(=O)NCC1CCN(c2ccc(F)c(F)c2)C1. The van der Waals surface area contributed by atoms with Gasteiger partial charge < -0.3 is 20.3 Å². The van der Waals surface area contributed by atoms with Crippen LogP contribution in [0.3, 0.4) is 0 Å². The first kappa shape index (κ1) is 17.0. The van der Waals surface area contributed by atoms with Gasteiger partial charge in [-0.1, -0.05) is 0 Å². The molecule has 0 bridgehead atoms. The minimum absolute atomic E-state index is 0.0473. The van der Waals surface area contributed by atoms with Crippen molar-refractivity contribution in [3.63, 3.8) is 0 Å². The van der Waals surface area contributed by atoms with Gasteiger partial charge in [-0.05, 0) is 37.8 Å². The Hall–Kier alpha value is -1.89. The number of carbonyl (C=O) groups is 1. The summed E-state index contributed by atoms with van der Waals surface area (Å²) >= 11 is 0. The highest BCUT2D eigenvalue weighted by Crippen LogP contribution is 2.25. The normalized spacial score (nSPS) is 26.6. The number of ether oxygens (including phenoxy) is 1. The van der Waals surface area contributed by atoms with Crippen molar-refractivity contribution in [2.75, 3.05) is 31.1 Å². The summed E-state index contributed by atoms with van der Waals surface area (Å²) in [5.41, 5.74) is 0.679. The van der Waals surface area contributed by atoms with Crippen LogP contribution in [0.15, 0.2) is 18.2 Å². The van der Waals surface area contributed by atoms with Gasteiger partial charge in [0.25, 0.3) is 0 Å². The molecular weight excluding hydrogens is 316 g/mol. The van der Waals surface area contributed by atoms with Gasteiger partial charge in [-0.25, -0.2) is 13.6 Å². The number of anilines is 1. The van der Waals surface area contributed by atoms with E-state index in [1.165, 1.54) is 6.07 Å². The van der Waals surface area contributed by atoms with Crippen molar-refractivity contribution in [3.8, 4) is 0 Å². The van der Waals surface area contributed by atoms with Gasteiger partial charge in [-0.15, -0.1) is 0 Å². The van der Waals surface area contributed by atoms with Gasteiger partial charge in [0.05, 0.1) is 12.1 Å². The third-order valence-corrected chi connectivity index (χ3v) is 4.80. The molecule has 0 aromatic heterocycles. The van der Waals surface area contributed by atoms with Gasteiger partial charge in [-0.3, -0.25) is 0 Å². The van der Waals surface area contributed by atoms with Gasteiger partial charge in [-0.2, -0.15) is 0 Å². The lowest BCUT2D eigenvalue weighted by molar-refractivity contribution is 0.114. The zero-order chi connectivity index (χ0) is 17.1. The van der Waals surface area contributed by atoms with E-state index in [1.54, 1.807) is 6.07 Å². The van der Waals surface area contributed by atoms with Gasteiger partial charge in [0.1, 0.15) is 0 Å². The van der Waals surface area contributed by atoms with E-state index in [0.717, 1.165) is 25.5 Å². The van der Waals surface area contributed by atoms with Crippen molar-refractivity contribution in [1.82, 2.24) is 10.6 Å². The molecule has 5 nitrogen and oxygen atoms in total. The molecule has 7 heteroatoms. The van der Waals surface area contributed by atoms with Crippen molar-refractivity contribution < 1.29 is 18.3 Å². The van der Waals surface area contributed by atoms with E-state index < -0.39 is 11.6 Å². The van der Waals surface area contributed by atoms with E-state index in [2.05, 4.69) is 10.6 Å². The number of benzene rings is 1. The lowest BCUT2D eigenvalue weighted by atomic mass is 10.1. The molecule has 2 fully saturated rings. The Morgan fingerprint density at radius 2 is 2.17 bits per heavy atom. The lowest BCUT2D eigenvalue weighted by Gasteiger charge is -2.20. The standard InChI is InChI=1S/C17H23F2N3O2/c1-11-16(5-7-24-11)21-17(23)20-9-12-4-6-22(10-12)13-2-3-14(18)15(19)8-13/h2-3,8,11-12,16H,4-7,9-10H2,1H3,(H2,20,21,23). The first-order chi connectivity index (χ1) is 11.5. The molecule has 2 heterocycles. The molecule has 0 radical (unpaired) electrons. The van der Waals surface area contributed by atoms with E-state index in [1.807, 2.05) is 11.8 Å². The summed E-state index contributed by atoms with van der Waals surface area (Å²) in [6, 6.07) is 3.84. The third kappa shape index (κ3) is 3.95. The third-order valence-electron chi connectivity index (χ3n) is 4.80. The fourth-order valence-corrected chi connectivity index (χ4v) is 3.29. The maximum atomic E-state index is 13.3. The average molecular weight is 339 g/mol. The lowest BCUT2D eigenvalue weighted by Crippen LogP contribution is -2.46. The van der Waals surface area contributed by atoms with Crippen molar-refractivity contribution in [2.45, 2.75) is 31.9 Å². The topological polar surface area (TPSA) is 53.6 Å². The Labute approximate surface area is 140 Å². The predicted octanol–water partition coefficient (Wildman–Crippen LogP) is 2.27. The predicted molar refractivity (Wildman–Crippen MR) is 87.0 cm³/mol. The van der Waals surface area contributed by atoms with Gasteiger partial charge in [0, 0.05) is 38.0 Å². The second-order valence-electron chi connectivity index (χ2n) is 6.52. The largest absolute Gasteiger partial charge is 0.376 e. The van der Waals surface area contributed by atoms with Crippen molar-refractivity contribution in [1.29, 1.82) is 0 Å². The van der Waals surface area contributed by atoms with Crippen LogP contribution in [-0.2, 0) is 4.74 Å². The van der Waals surface area contributed by atoms with Crippen LogP contribution >= 0.6 is 0 Å². The van der Waals surface area contributed by atoms with Crippen LogP contribution in [0.5, 0.6) is 0 Å². The maximum Gasteiger partial charge on any atom is 0.315 e. The van der Waals surface area contributed by atoms with Crippen molar-refractivity contribution in [3.05, 3.63) is 29.8 Å². The monoisotopic (exact) mass is 339 g/mol. The highest BCUT2D eigenvalue weighted by Gasteiger charge is 2.27. The molecule has 0 saturated carbocycles. The van der Waals surface area contributed by atoms with Gasteiger partial charge in [0.2, 0.25) is 0 Å². The zero-order valence-electron chi connectivity index (χ0n) is 13.7. The summed E-state index contributed by atoms with van der Waals surface area (Å²) in [5.74, 6) is -1.37. The molecular formula is C17H23F2N3O2. The number of nitrogens with one attached hydrogen (secondary N) is 2. The molecule has 1 aromatic carbocycles. The van der Waals surface area contributed by atoms with Crippen LogP contribution in [0.2, 0.25) is 0 Å². The van der Waals surface area contributed by atoms with E-state index >= 15 is 0 Å². The number of hydrogen-bond donors (Lipinski definition) is 2. The number of urea groups is 1. The van der Waals surface area contributed by atoms with Gasteiger partial charge >= 0.3 is 6.03 Å². The maximum absolute atomic E-state index is 13.3. The quantitative estimate of drug-likeness (QED) is 0.885. The highest BCUT2D eigenvalue weighted by atomic mass is 19.2. The number of amides is 2.